The maximum Gasteiger partial charge on any atom is 0.185 e. The molecule has 0 aliphatic heterocycles. The van der Waals surface area contributed by atoms with Crippen molar-refractivity contribution in [2.24, 2.45) is 0 Å². The second-order valence-electron chi connectivity index (χ2n) is 3.80. The van der Waals surface area contributed by atoms with E-state index in [1.807, 2.05) is 0 Å². The highest BCUT2D eigenvalue weighted by atomic mass is 19.1. The average Bonchev–Trinajstić information content (AvgIpc) is 2.38. The van der Waals surface area contributed by atoms with Crippen LogP contribution >= 0.6 is 0 Å². The Kier molecular flexibility index (Phi) is 3.53. The standard InChI is InChI=1S/C15H11FO2/c16-13-6-1-11(2-7-13)3-10-15(18)12-4-8-14(17)9-5-12/h1-10,17H. The van der Waals surface area contributed by atoms with Crippen molar-refractivity contribution in [3.8, 4) is 5.75 Å². The molecule has 2 aromatic rings. The van der Waals surface area contributed by atoms with Crippen LogP contribution in [0.4, 0.5) is 4.39 Å². The van der Waals surface area contributed by atoms with Gasteiger partial charge >= 0.3 is 0 Å². The molecule has 0 unspecified atom stereocenters. The highest BCUT2D eigenvalue weighted by molar-refractivity contribution is 6.06. The molecule has 3 heteroatoms. The van der Waals surface area contributed by atoms with E-state index in [1.54, 1.807) is 30.3 Å². The Morgan fingerprint density at radius 2 is 1.61 bits per heavy atom. The van der Waals surface area contributed by atoms with E-state index >= 15 is 0 Å². The minimum atomic E-state index is -0.308. The van der Waals surface area contributed by atoms with Crippen molar-refractivity contribution < 1.29 is 14.3 Å². The lowest BCUT2D eigenvalue weighted by atomic mass is 10.1. The van der Waals surface area contributed by atoms with E-state index in [-0.39, 0.29) is 17.3 Å². The highest BCUT2D eigenvalue weighted by Crippen LogP contribution is 2.11. The molecule has 1 N–H and O–H groups in total. The topological polar surface area (TPSA) is 37.3 Å². The third-order valence-electron chi connectivity index (χ3n) is 2.45. The third-order valence-corrected chi connectivity index (χ3v) is 2.45. The van der Waals surface area contributed by atoms with E-state index in [9.17, 15) is 9.18 Å². The molecular formula is C15H11FO2. The Morgan fingerprint density at radius 1 is 1.00 bits per heavy atom. The van der Waals surface area contributed by atoms with Gasteiger partial charge < -0.3 is 5.11 Å². The van der Waals surface area contributed by atoms with Crippen LogP contribution in [0.25, 0.3) is 6.08 Å². The summed E-state index contributed by atoms with van der Waals surface area (Å²) in [6.45, 7) is 0. The predicted octanol–water partition coefficient (Wildman–Crippen LogP) is 3.43. The molecule has 2 nitrogen and oxygen atoms in total. The van der Waals surface area contributed by atoms with Gasteiger partial charge in [-0.15, -0.1) is 0 Å². The Balaban J connectivity index is 2.11. The van der Waals surface area contributed by atoms with Crippen LogP contribution in [0.3, 0.4) is 0 Å². The van der Waals surface area contributed by atoms with E-state index in [0.717, 1.165) is 5.56 Å². The van der Waals surface area contributed by atoms with Gasteiger partial charge in [-0.05, 0) is 48.0 Å². The van der Waals surface area contributed by atoms with Gasteiger partial charge in [0, 0.05) is 5.56 Å². The summed E-state index contributed by atoms with van der Waals surface area (Å²) in [5.74, 6) is -0.356. The number of ketones is 1. The summed E-state index contributed by atoms with van der Waals surface area (Å²) < 4.78 is 12.7. The molecule has 0 amide bonds. The fraction of sp³-hybridized carbons (Fsp3) is 0. The largest absolute Gasteiger partial charge is 0.508 e. The summed E-state index contributed by atoms with van der Waals surface area (Å²) in [6.07, 6.45) is 3.04. The van der Waals surface area contributed by atoms with Crippen molar-refractivity contribution in [2.45, 2.75) is 0 Å². The fourth-order valence-electron chi connectivity index (χ4n) is 1.47. The normalized spacial score (nSPS) is 10.7. The number of hydrogen-bond acceptors (Lipinski definition) is 2. The van der Waals surface area contributed by atoms with Crippen LogP contribution in [0.1, 0.15) is 15.9 Å². The van der Waals surface area contributed by atoms with Crippen LogP contribution in [0.5, 0.6) is 5.75 Å². The second-order valence-corrected chi connectivity index (χ2v) is 3.80. The first-order valence-electron chi connectivity index (χ1n) is 5.42. The van der Waals surface area contributed by atoms with E-state index in [0.29, 0.717) is 5.56 Å². The van der Waals surface area contributed by atoms with Crippen molar-refractivity contribution in [1.29, 1.82) is 0 Å². The summed E-state index contributed by atoms with van der Waals surface area (Å²) in [4.78, 5) is 11.8. The Labute approximate surface area is 104 Å². The first kappa shape index (κ1) is 12.0. The molecule has 0 aromatic heterocycles. The van der Waals surface area contributed by atoms with Gasteiger partial charge in [0.25, 0.3) is 0 Å². The monoisotopic (exact) mass is 242 g/mol. The fourth-order valence-corrected chi connectivity index (χ4v) is 1.47. The second kappa shape index (κ2) is 5.27. The minimum Gasteiger partial charge on any atom is -0.508 e. The Bertz CT molecular complexity index is 568. The van der Waals surface area contributed by atoms with Gasteiger partial charge in [0.15, 0.2) is 5.78 Å². The summed E-state index contributed by atoms with van der Waals surface area (Å²) in [6, 6.07) is 11.9. The molecule has 90 valence electrons. The average molecular weight is 242 g/mol. The molecule has 0 aliphatic rings. The van der Waals surface area contributed by atoms with Crippen LogP contribution in [0, 0.1) is 5.82 Å². The zero-order valence-corrected chi connectivity index (χ0v) is 9.51. The van der Waals surface area contributed by atoms with Crippen LogP contribution < -0.4 is 0 Å². The SMILES string of the molecule is O=C(C=Cc1ccc(F)cc1)c1ccc(O)cc1. The van der Waals surface area contributed by atoms with Crippen LogP contribution in [0.2, 0.25) is 0 Å². The number of hydrogen-bond donors (Lipinski definition) is 1. The molecule has 0 atom stereocenters. The smallest absolute Gasteiger partial charge is 0.185 e. The van der Waals surface area contributed by atoms with Gasteiger partial charge in [-0.3, -0.25) is 4.79 Å². The lowest BCUT2D eigenvalue weighted by Gasteiger charge is -1.96. The molecule has 2 rings (SSSR count). The van der Waals surface area contributed by atoms with Gasteiger partial charge in [-0.2, -0.15) is 0 Å². The Hall–Kier alpha value is -2.42. The van der Waals surface area contributed by atoms with Gasteiger partial charge in [0.1, 0.15) is 11.6 Å². The summed E-state index contributed by atoms with van der Waals surface area (Å²) in [7, 11) is 0. The van der Waals surface area contributed by atoms with Crippen LogP contribution in [-0.2, 0) is 0 Å². The number of carbonyl (C=O) groups excluding carboxylic acids is 1. The number of phenolic OH excluding ortho intramolecular Hbond substituents is 1. The van der Waals surface area contributed by atoms with E-state index < -0.39 is 0 Å². The van der Waals surface area contributed by atoms with Crippen molar-refractivity contribution in [3.63, 3.8) is 0 Å². The molecular weight excluding hydrogens is 231 g/mol. The lowest BCUT2D eigenvalue weighted by Crippen LogP contribution is -1.92. The molecule has 0 heterocycles. The zero-order chi connectivity index (χ0) is 13.0. The first-order valence-corrected chi connectivity index (χ1v) is 5.42. The quantitative estimate of drug-likeness (QED) is 0.661. The molecule has 0 spiro atoms. The van der Waals surface area contributed by atoms with Crippen molar-refractivity contribution >= 4 is 11.9 Å². The summed E-state index contributed by atoms with van der Waals surface area (Å²) in [5, 5.41) is 9.11. The predicted molar refractivity (Wildman–Crippen MR) is 67.9 cm³/mol. The number of aromatic hydroxyl groups is 1. The maximum absolute atomic E-state index is 12.7. The number of benzene rings is 2. The summed E-state index contributed by atoms with van der Waals surface area (Å²) >= 11 is 0. The van der Waals surface area contributed by atoms with Gasteiger partial charge in [-0.1, -0.05) is 18.2 Å². The number of rotatable bonds is 3. The molecule has 18 heavy (non-hydrogen) atoms. The molecule has 0 bridgehead atoms. The summed E-state index contributed by atoms with van der Waals surface area (Å²) in [5.41, 5.74) is 1.25. The first-order chi connectivity index (χ1) is 8.65. The van der Waals surface area contributed by atoms with Gasteiger partial charge in [0.05, 0.1) is 0 Å². The van der Waals surface area contributed by atoms with Crippen LogP contribution in [-0.4, -0.2) is 10.9 Å². The number of carbonyl (C=O) groups is 1. The van der Waals surface area contributed by atoms with E-state index in [1.165, 1.54) is 30.3 Å². The molecule has 0 aliphatic carbocycles. The molecule has 0 radical (unpaired) electrons. The third kappa shape index (κ3) is 3.04. The maximum atomic E-state index is 12.7. The number of halogens is 1. The zero-order valence-electron chi connectivity index (χ0n) is 9.51. The number of phenols is 1. The van der Waals surface area contributed by atoms with Crippen molar-refractivity contribution in [2.75, 3.05) is 0 Å². The molecule has 0 saturated carbocycles. The Morgan fingerprint density at radius 3 is 2.22 bits per heavy atom. The van der Waals surface area contributed by atoms with Gasteiger partial charge in [-0.25, -0.2) is 4.39 Å². The lowest BCUT2D eigenvalue weighted by molar-refractivity contribution is 0.104. The number of allylic oxidation sites excluding steroid dienone is 1. The minimum absolute atomic E-state index is 0.120. The highest BCUT2D eigenvalue weighted by Gasteiger charge is 2.01. The van der Waals surface area contributed by atoms with Crippen LogP contribution in [0.15, 0.2) is 54.6 Å². The molecule has 0 fully saturated rings. The van der Waals surface area contributed by atoms with E-state index in [4.69, 9.17) is 5.11 Å². The van der Waals surface area contributed by atoms with Crippen molar-refractivity contribution in [1.82, 2.24) is 0 Å². The van der Waals surface area contributed by atoms with Crippen molar-refractivity contribution in [3.05, 3.63) is 71.6 Å². The molecule has 0 saturated heterocycles. The van der Waals surface area contributed by atoms with Gasteiger partial charge in [0.2, 0.25) is 0 Å². The van der Waals surface area contributed by atoms with E-state index in [2.05, 4.69) is 0 Å². The molecule has 2 aromatic carbocycles.